The van der Waals surface area contributed by atoms with E-state index in [4.69, 9.17) is 0 Å². The van der Waals surface area contributed by atoms with E-state index in [0.717, 1.165) is 6.08 Å². The molecule has 0 aromatic carbocycles. The summed E-state index contributed by atoms with van der Waals surface area (Å²) < 4.78 is 8.51. The van der Waals surface area contributed by atoms with Gasteiger partial charge in [-0.3, -0.25) is 0 Å². The van der Waals surface area contributed by atoms with E-state index in [2.05, 4.69) is 22.1 Å². The molecule has 0 aromatic rings. The van der Waals surface area contributed by atoms with Crippen molar-refractivity contribution in [3.63, 3.8) is 0 Å². The number of hydrogen-bond acceptors (Lipinski definition) is 5. The molecule has 0 aliphatic heterocycles. The van der Waals surface area contributed by atoms with E-state index in [9.17, 15) is 9.59 Å². The van der Waals surface area contributed by atoms with E-state index in [1.54, 1.807) is 0 Å². The average molecular weight is 176 g/mol. The number of thiol groups is 1. The second-order valence-corrected chi connectivity index (χ2v) is 2.03. The molecule has 0 unspecified atom stereocenters. The predicted octanol–water partition coefficient (Wildman–Crippen LogP) is 0.146. The molecule has 0 aromatic heterocycles. The smallest absolute Gasteiger partial charge is 0.344 e. The Hall–Kier alpha value is -0.970. The zero-order valence-electron chi connectivity index (χ0n) is 6.16. The Morgan fingerprint density at radius 1 is 1.27 bits per heavy atom. The topological polar surface area (TPSA) is 52.6 Å². The summed E-state index contributed by atoms with van der Waals surface area (Å²) in [5, 5.41) is 0. The van der Waals surface area contributed by atoms with Crippen LogP contribution in [0.25, 0.3) is 0 Å². The molecule has 11 heavy (non-hydrogen) atoms. The summed E-state index contributed by atoms with van der Waals surface area (Å²) in [5.74, 6) is -1.31. The Morgan fingerprint density at radius 3 is 2.18 bits per heavy atom. The molecule has 5 heteroatoms. The first-order valence-corrected chi connectivity index (χ1v) is 3.13. The summed E-state index contributed by atoms with van der Waals surface area (Å²) in [5.41, 5.74) is 0. The number of rotatable bonds is 2. The van der Waals surface area contributed by atoms with Gasteiger partial charge in [-0.15, -0.1) is 12.6 Å². The van der Waals surface area contributed by atoms with Gasteiger partial charge in [0.05, 0.1) is 19.1 Å². The molecule has 0 amide bonds. The third-order valence-corrected chi connectivity index (χ3v) is 1.16. The van der Waals surface area contributed by atoms with Crippen LogP contribution in [0.2, 0.25) is 0 Å². The quantitative estimate of drug-likeness (QED) is 0.369. The molecule has 0 spiro atoms. The minimum absolute atomic E-state index is 0.0839. The van der Waals surface area contributed by atoms with Gasteiger partial charge in [-0.05, 0) is 0 Å². The Kier molecular flexibility index (Phi) is 4.36. The minimum Gasteiger partial charge on any atom is -0.466 e. The standard InChI is InChI=1S/C6H8O4S/c1-9-5(7)3-4(11)6(8)10-2/h3,11H,1-2H3. The zero-order chi connectivity index (χ0) is 8.85. The number of methoxy groups -OCH3 is 2. The van der Waals surface area contributed by atoms with Crippen LogP contribution in [-0.4, -0.2) is 26.2 Å². The highest BCUT2D eigenvalue weighted by Gasteiger charge is 2.06. The monoisotopic (exact) mass is 176 g/mol. The van der Waals surface area contributed by atoms with Crippen LogP contribution < -0.4 is 0 Å². The molecule has 62 valence electrons. The molecular weight excluding hydrogens is 168 g/mol. The molecule has 0 fully saturated rings. The van der Waals surface area contributed by atoms with E-state index < -0.39 is 11.9 Å². The van der Waals surface area contributed by atoms with E-state index >= 15 is 0 Å². The van der Waals surface area contributed by atoms with Crippen molar-refractivity contribution in [2.24, 2.45) is 0 Å². The molecule has 0 saturated heterocycles. The highest BCUT2D eigenvalue weighted by molar-refractivity contribution is 7.85. The number of esters is 2. The summed E-state index contributed by atoms with van der Waals surface area (Å²) in [4.78, 5) is 21.0. The maximum absolute atomic E-state index is 10.6. The summed E-state index contributed by atoms with van der Waals surface area (Å²) in [6, 6.07) is 0. The second kappa shape index (κ2) is 4.79. The van der Waals surface area contributed by atoms with Gasteiger partial charge >= 0.3 is 11.9 Å². The van der Waals surface area contributed by atoms with E-state index in [0.29, 0.717) is 0 Å². The van der Waals surface area contributed by atoms with E-state index in [1.807, 2.05) is 0 Å². The van der Waals surface area contributed by atoms with Crippen molar-refractivity contribution in [3.8, 4) is 0 Å². The molecular formula is C6H8O4S. The molecule has 0 aliphatic rings. The molecule has 0 heterocycles. The predicted molar refractivity (Wildman–Crippen MR) is 41.1 cm³/mol. The Labute approximate surface area is 69.6 Å². The normalized spacial score (nSPS) is 10.6. The van der Waals surface area contributed by atoms with Crippen molar-refractivity contribution in [1.29, 1.82) is 0 Å². The van der Waals surface area contributed by atoms with Crippen molar-refractivity contribution >= 4 is 24.6 Å². The fourth-order valence-corrected chi connectivity index (χ4v) is 0.531. The van der Waals surface area contributed by atoms with Gasteiger partial charge < -0.3 is 9.47 Å². The van der Waals surface area contributed by atoms with Crippen molar-refractivity contribution < 1.29 is 19.1 Å². The third kappa shape index (κ3) is 3.67. The molecule has 0 aliphatic carbocycles. The van der Waals surface area contributed by atoms with Gasteiger partial charge in [0.2, 0.25) is 0 Å². The van der Waals surface area contributed by atoms with Crippen LogP contribution in [0.5, 0.6) is 0 Å². The molecule has 0 atom stereocenters. The summed E-state index contributed by atoms with van der Waals surface area (Å²) >= 11 is 3.68. The molecule has 0 saturated carbocycles. The van der Waals surface area contributed by atoms with Gasteiger partial charge in [0.25, 0.3) is 0 Å². The van der Waals surface area contributed by atoms with Crippen LogP contribution in [0.15, 0.2) is 11.0 Å². The van der Waals surface area contributed by atoms with Crippen molar-refractivity contribution in [2.45, 2.75) is 0 Å². The highest BCUT2D eigenvalue weighted by atomic mass is 32.1. The van der Waals surface area contributed by atoms with Gasteiger partial charge in [0, 0.05) is 6.08 Å². The SMILES string of the molecule is COC(=O)C=C(S)C(=O)OC. The minimum atomic E-state index is -0.668. The summed E-state index contributed by atoms with van der Waals surface area (Å²) in [6.45, 7) is 0. The van der Waals surface area contributed by atoms with Crippen LogP contribution in [-0.2, 0) is 19.1 Å². The fourth-order valence-electron chi connectivity index (χ4n) is 0.334. The maximum Gasteiger partial charge on any atom is 0.344 e. The van der Waals surface area contributed by atoms with Crippen LogP contribution in [0.4, 0.5) is 0 Å². The first-order chi connectivity index (χ1) is 5.11. The number of carbonyl (C=O) groups is 2. The Balaban J connectivity index is 4.21. The van der Waals surface area contributed by atoms with E-state index in [1.165, 1.54) is 14.2 Å². The largest absolute Gasteiger partial charge is 0.466 e. The lowest BCUT2D eigenvalue weighted by Crippen LogP contribution is -2.03. The molecule has 0 bridgehead atoms. The first-order valence-electron chi connectivity index (χ1n) is 2.68. The van der Waals surface area contributed by atoms with Crippen molar-refractivity contribution in [2.75, 3.05) is 14.2 Å². The molecule has 4 nitrogen and oxygen atoms in total. The fraction of sp³-hybridized carbons (Fsp3) is 0.333. The zero-order valence-corrected chi connectivity index (χ0v) is 7.05. The lowest BCUT2D eigenvalue weighted by Gasteiger charge is -1.95. The van der Waals surface area contributed by atoms with Crippen LogP contribution in [0.1, 0.15) is 0 Å². The van der Waals surface area contributed by atoms with Crippen molar-refractivity contribution in [3.05, 3.63) is 11.0 Å². The van der Waals surface area contributed by atoms with Gasteiger partial charge in [-0.1, -0.05) is 0 Å². The first kappa shape index (κ1) is 10.0. The molecule has 0 radical (unpaired) electrons. The molecule has 0 N–H and O–H groups in total. The van der Waals surface area contributed by atoms with Crippen LogP contribution >= 0.6 is 12.6 Å². The van der Waals surface area contributed by atoms with E-state index in [-0.39, 0.29) is 4.91 Å². The Bertz CT molecular complexity index is 197. The third-order valence-electron chi connectivity index (χ3n) is 0.850. The number of hydrogen-bond donors (Lipinski definition) is 1. The highest BCUT2D eigenvalue weighted by Crippen LogP contribution is 2.02. The summed E-state index contributed by atoms with van der Waals surface area (Å²) in [7, 11) is 2.40. The maximum atomic E-state index is 10.6. The van der Waals surface area contributed by atoms with Gasteiger partial charge in [-0.25, -0.2) is 9.59 Å². The van der Waals surface area contributed by atoms with Crippen LogP contribution in [0.3, 0.4) is 0 Å². The lowest BCUT2D eigenvalue weighted by atomic mass is 10.5. The summed E-state index contributed by atoms with van der Waals surface area (Å²) in [6.07, 6.45) is 0.939. The van der Waals surface area contributed by atoms with Crippen LogP contribution in [0, 0.1) is 0 Å². The van der Waals surface area contributed by atoms with Gasteiger partial charge in [0.15, 0.2) is 0 Å². The number of carbonyl (C=O) groups excluding carboxylic acids is 2. The van der Waals surface area contributed by atoms with Gasteiger partial charge in [0.1, 0.15) is 0 Å². The Morgan fingerprint density at radius 2 is 1.82 bits per heavy atom. The molecule has 0 rings (SSSR count). The van der Waals surface area contributed by atoms with Gasteiger partial charge in [-0.2, -0.15) is 0 Å². The average Bonchev–Trinajstić information content (AvgIpc) is 2.02. The lowest BCUT2D eigenvalue weighted by molar-refractivity contribution is -0.137. The number of ether oxygens (including phenoxy) is 2. The van der Waals surface area contributed by atoms with Crippen molar-refractivity contribution in [1.82, 2.24) is 0 Å². The second-order valence-electron chi connectivity index (χ2n) is 1.54.